The highest BCUT2D eigenvalue weighted by Gasteiger charge is 2.33. The van der Waals surface area contributed by atoms with Gasteiger partial charge < -0.3 is 10.2 Å². The van der Waals surface area contributed by atoms with Gasteiger partial charge in [-0.15, -0.1) is 0 Å². The minimum Gasteiger partial charge on any atom is -0.349 e. The number of halogens is 3. The molecule has 0 radical (unpaired) electrons. The highest BCUT2D eigenvalue weighted by atomic mass is 32.2. The molecule has 11 heteroatoms. The van der Waals surface area contributed by atoms with Crippen LogP contribution >= 0.6 is 0 Å². The lowest BCUT2D eigenvalue weighted by atomic mass is 10.1. The van der Waals surface area contributed by atoms with E-state index in [0.29, 0.717) is 5.56 Å². The highest BCUT2D eigenvalue weighted by molar-refractivity contribution is 7.89. The van der Waals surface area contributed by atoms with Crippen molar-refractivity contribution in [2.24, 2.45) is 0 Å². The predicted molar refractivity (Wildman–Crippen MR) is 115 cm³/mol. The van der Waals surface area contributed by atoms with Crippen LogP contribution in [-0.4, -0.2) is 61.7 Å². The lowest BCUT2D eigenvalue weighted by Crippen LogP contribution is -2.51. The number of amides is 2. The summed E-state index contributed by atoms with van der Waals surface area (Å²) in [4.78, 5) is 26.1. The monoisotopic (exact) mass is 483 g/mol. The second-order valence-corrected chi connectivity index (χ2v) is 9.69. The number of alkyl halides is 3. The lowest BCUT2D eigenvalue weighted by Gasteiger charge is -2.34. The summed E-state index contributed by atoms with van der Waals surface area (Å²) in [6.45, 7) is 2.07. The van der Waals surface area contributed by atoms with E-state index in [2.05, 4.69) is 5.32 Å². The summed E-state index contributed by atoms with van der Waals surface area (Å²) in [5.41, 5.74) is -0.441. The molecule has 1 unspecified atom stereocenters. The van der Waals surface area contributed by atoms with Crippen LogP contribution in [0.4, 0.5) is 13.2 Å². The minimum atomic E-state index is -4.55. The molecule has 33 heavy (non-hydrogen) atoms. The van der Waals surface area contributed by atoms with Crippen molar-refractivity contribution in [3.63, 3.8) is 0 Å². The molecule has 1 aliphatic heterocycles. The number of rotatable bonds is 6. The number of nitrogens with one attached hydrogen (secondary N) is 1. The maximum absolute atomic E-state index is 12.8. The fraction of sp³-hybridized carbons (Fsp3) is 0.364. The first-order chi connectivity index (χ1) is 15.5. The molecule has 1 N–H and O–H groups in total. The molecule has 2 aromatic carbocycles. The molecular formula is C22H24F3N3O4S. The Bertz CT molecular complexity index is 1080. The van der Waals surface area contributed by atoms with Crippen molar-refractivity contribution < 1.29 is 31.2 Å². The summed E-state index contributed by atoms with van der Waals surface area (Å²) in [5, 5.41) is 2.76. The molecule has 2 amide bonds. The Morgan fingerprint density at radius 2 is 1.55 bits per heavy atom. The van der Waals surface area contributed by atoms with E-state index >= 15 is 0 Å². The number of nitrogens with zero attached hydrogens (tertiary/aromatic N) is 2. The molecule has 1 aliphatic rings. The van der Waals surface area contributed by atoms with E-state index in [1.165, 1.54) is 4.90 Å². The molecule has 7 nitrogen and oxygen atoms in total. The van der Waals surface area contributed by atoms with E-state index < -0.39 is 27.8 Å². The highest BCUT2D eigenvalue weighted by Crippen LogP contribution is 2.30. The van der Waals surface area contributed by atoms with Crippen molar-refractivity contribution in [2.45, 2.75) is 30.5 Å². The summed E-state index contributed by atoms with van der Waals surface area (Å²) in [5.74, 6) is -0.509. The minimum absolute atomic E-state index is 0.0276. The predicted octanol–water partition coefficient (Wildman–Crippen LogP) is 2.75. The first kappa shape index (κ1) is 24.7. The number of hydrogen-bond donors (Lipinski definition) is 1. The maximum atomic E-state index is 12.8. The Labute approximate surface area is 190 Å². The van der Waals surface area contributed by atoms with E-state index in [9.17, 15) is 31.2 Å². The SMILES string of the molecule is CC(CC(=O)N1CCN(S(=O)(=O)c2ccc(C(F)(F)F)cc2)CC1)NC(=O)c1ccccc1. The fourth-order valence-corrected chi connectivity index (χ4v) is 4.90. The van der Waals surface area contributed by atoms with Gasteiger partial charge in [0.05, 0.1) is 10.5 Å². The molecule has 1 heterocycles. The van der Waals surface area contributed by atoms with Gasteiger partial charge in [-0.2, -0.15) is 17.5 Å². The molecule has 0 bridgehead atoms. The van der Waals surface area contributed by atoms with Gasteiger partial charge in [-0.25, -0.2) is 8.42 Å². The third-order valence-corrected chi connectivity index (χ3v) is 7.22. The Morgan fingerprint density at radius 1 is 0.970 bits per heavy atom. The third kappa shape index (κ3) is 6.11. The summed E-state index contributed by atoms with van der Waals surface area (Å²) in [6.07, 6.45) is -4.49. The summed E-state index contributed by atoms with van der Waals surface area (Å²) in [6, 6.07) is 11.5. The fourth-order valence-electron chi connectivity index (χ4n) is 3.48. The maximum Gasteiger partial charge on any atom is 0.416 e. The van der Waals surface area contributed by atoms with Crippen molar-refractivity contribution in [2.75, 3.05) is 26.2 Å². The Morgan fingerprint density at radius 3 is 2.09 bits per heavy atom. The van der Waals surface area contributed by atoms with E-state index in [1.54, 1.807) is 37.3 Å². The molecule has 2 aromatic rings. The quantitative estimate of drug-likeness (QED) is 0.685. The molecule has 1 atom stereocenters. The number of hydrogen-bond acceptors (Lipinski definition) is 4. The number of sulfonamides is 1. The van der Waals surface area contributed by atoms with E-state index in [1.807, 2.05) is 0 Å². The van der Waals surface area contributed by atoms with Crippen LogP contribution in [0.15, 0.2) is 59.5 Å². The van der Waals surface area contributed by atoms with Crippen LogP contribution in [0.5, 0.6) is 0 Å². The van der Waals surface area contributed by atoms with Crippen LogP contribution in [0.3, 0.4) is 0 Å². The van der Waals surface area contributed by atoms with Crippen LogP contribution in [-0.2, 0) is 21.0 Å². The van der Waals surface area contributed by atoms with E-state index in [-0.39, 0.29) is 49.3 Å². The third-order valence-electron chi connectivity index (χ3n) is 5.31. The van der Waals surface area contributed by atoms with E-state index in [0.717, 1.165) is 28.6 Å². The molecule has 0 saturated carbocycles. The zero-order valence-corrected chi connectivity index (χ0v) is 18.7. The largest absolute Gasteiger partial charge is 0.416 e. The zero-order valence-electron chi connectivity index (χ0n) is 17.9. The average Bonchev–Trinajstić information content (AvgIpc) is 2.79. The second-order valence-electron chi connectivity index (χ2n) is 7.75. The molecule has 178 valence electrons. The van der Waals surface area contributed by atoms with Gasteiger partial charge in [0.15, 0.2) is 0 Å². The Balaban J connectivity index is 1.53. The first-order valence-electron chi connectivity index (χ1n) is 10.3. The van der Waals surface area contributed by atoms with Crippen molar-refractivity contribution >= 4 is 21.8 Å². The second kappa shape index (κ2) is 9.92. The van der Waals surface area contributed by atoms with Crippen LogP contribution < -0.4 is 5.32 Å². The molecule has 3 rings (SSSR count). The van der Waals surface area contributed by atoms with Gasteiger partial charge in [-0.1, -0.05) is 18.2 Å². The van der Waals surface area contributed by atoms with Gasteiger partial charge in [0.1, 0.15) is 0 Å². The zero-order chi connectivity index (χ0) is 24.2. The number of benzene rings is 2. The Hall–Kier alpha value is -2.92. The molecule has 0 aliphatic carbocycles. The molecule has 1 fully saturated rings. The first-order valence-corrected chi connectivity index (χ1v) is 11.7. The molecule has 0 aromatic heterocycles. The topological polar surface area (TPSA) is 86.8 Å². The molecular weight excluding hydrogens is 459 g/mol. The van der Waals surface area contributed by atoms with Crippen molar-refractivity contribution in [3.8, 4) is 0 Å². The van der Waals surface area contributed by atoms with Crippen LogP contribution in [0.25, 0.3) is 0 Å². The van der Waals surface area contributed by atoms with Crippen LogP contribution in [0.1, 0.15) is 29.3 Å². The number of carbonyl (C=O) groups is 2. The molecule has 1 saturated heterocycles. The Kier molecular flexibility index (Phi) is 7.43. The smallest absolute Gasteiger partial charge is 0.349 e. The summed E-state index contributed by atoms with van der Waals surface area (Å²) in [7, 11) is -3.97. The van der Waals surface area contributed by atoms with Gasteiger partial charge in [0.2, 0.25) is 15.9 Å². The van der Waals surface area contributed by atoms with Gasteiger partial charge in [-0.3, -0.25) is 9.59 Å². The van der Waals surface area contributed by atoms with Gasteiger partial charge in [0.25, 0.3) is 5.91 Å². The normalized spacial score (nSPS) is 16.3. The van der Waals surface area contributed by atoms with Gasteiger partial charge >= 0.3 is 6.18 Å². The number of carbonyl (C=O) groups excluding carboxylic acids is 2. The van der Waals surface area contributed by atoms with Crippen LogP contribution in [0, 0.1) is 0 Å². The standard InChI is InChI=1S/C22H24F3N3O4S/c1-16(26-21(30)17-5-3-2-4-6-17)15-20(29)27-11-13-28(14-12-27)33(31,32)19-9-7-18(8-10-19)22(23,24)25/h2-10,16H,11-15H2,1H3,(H,26,30). The summed E-state index contributed by atoms with van der Waals surface area (Å²) >= 11 is 0. The van der Waals surface area contributed by atoms with Crippen molar-refractivity contribution in [1.82, 2.24) is 14.5 Å². The number of piperazine rings is 1. The molecule has 0 spiro atoms. The van der Waals surface area contributed by atoms with Crippen molar-refractivity contribution in [1.29, 1.82) is 0 Å². The van der Waals surface area contributed by atoms with Crippen molar-refractivity contribution in [3.05, 3.63) is 65.7 Å². The van der Waals surface area contributed by atoms with Gasteiger partial charge in [0, 0.05) is 44.2 Å². The van der Waals surface area contributed by atoms with Gasteiger partial charge in [-0.05, 0) is 43.3 Å². The lowest BCUT2D eigenvalue weighted by molar-refractivity contribution is -0.137. The van der Waals surface area contributed by atoms with Crippen LogP contribution in [0.2, 0.25) is 0 Å². The van der Waals surface area contributed by atoms with E-state index in [4.69, 9.17) is 0 Å². The average molecular weight is 484 g/mol. The summed E-state index contributed by atoms with van der Waals surface area (Å²) < 4.78 is 64.8.